The Morgan fingerprint density at radius 2 is 1.73 bits per heavy atom. The highest BCUT2D eigenvalue weighted by Crippen LogP contribution is 2.32. The largest absolute Gasteiger partial charge is 0.486 e. The number of likely N-dealkylation sites (N-methyl/N-ethyl adjacent to an activating group) is 1. The lowest BCUT2D eigenvalue weighted by Crippen LogP contribution is -2.38. The number of aromatic nitrogens is 1. The van der Waals surface area contributed by atoms with Gasteiger partial charge in [0.05, 0.1) is 18.8 Å². The predicted octanol–water partition coefficient (Wildman–Crippen LogP) is 3.62. The molecule has 0 radical (unpaired) electrons. The second kappa shape index (κ2) is 10.4. The molecule has 33 heavy (non-hydrogen) atoms. The van der Waals surface area contributed by atoms with Crippen molar-refractivity contribution in [1.82, 2.24) is 9.88 Å². The summed E-state index contributed by atoms with van der Waals surface area (Å²) in [7, 11) is 0. The van der Waals surface area contributed by atoms with Crippen LogP contribution in [0.1, 0.15) is 6.92 Å². The highest BCUT2D eigenvalue weighted by Gasteiger charge is 2.17. The fourth-order valence-electron chi connectivity index (χ4n) is 3.25. The zero-order chi connectivity index (χ0) is 23.2. The van der Waals surface area contributed by atoms with E-state index in [1.165, 1.54) is 23.5 Å². The van der Waals surface area contributed by atoms with Crippen LogP contribution in [0.25, 0.3) is 11.3 Å². The lowest BCUT2D eigenvalue weighted by molar-refractivity contribution is -0.119. The van der Waals surface area contributed by atoms with E-state index in [1.54, 1.807) is 40.6 Å². The second-order valence-electron chi connectivity index (χ2n) is 7.30. The van der Waals surface area contributed by atoms with Gasteiger partial charge in [-0.25, -0.2) is 9.37 Å². The highest BCUT2D eigenvalue weighted by atomic mass is 32.1. The van der Waals surface area contributed by atoms with Crippen molar-refractivity contribution < 1.29 is 23.5 Å². The lowest BCUT2D eigenvalue weighted by Gasteiger charge is -2.20. The van der Waals surface area contributed by atoms with Crippen LogP contribution in [0.5, 0.6) is 11.5 Å². The third-order valence-corrected chi connectivity index (χ3v) is 5.66. The van der Waals surface area contributed by atoms with Crippen LogP contribution in [-0.4, -0.2) is 54.5 Å². The Morgan fingerprint density at radius 1 is 1.03 bits per heavy atom. The maximum absolute atomic E-state index is 13.1. The van der Waals surface area contributed by atoms with Crippen molar-refractivity contribution in [3.8, 4) is 22.8 Å². The van der Waals surface area contributed by atoms with Crippen LogP contribution in [0.4, 0.5) is 15.2 Å². The van der Waals surface area contributed by atoms with Gasteiger partial charge in [0.1, 0.15) is 19.0 Å². The molecule has 3 aromatic rings. The smallest absolute Gasteiger partial charge is 0.240 e. The number of carbonyl (C=O) groups is 2. The van der Waals surface area contributed by atoms with Crippen molar-refractivity contribution in [3.63, 3.8) is 0 Å². The number of hydrogen-bond acceptors (Lipinski definition) is 7. The molecule has 0 spiro atoms. The molecule has 0 fully saturated rings. The van der Waals surface area contributed by atoms with E-state index in [0.29, 0.717) is 47.8 Å². The predicted molar refractivity (Wildman–Crippen MR) is 124 cm³/mol. The van der Waals surface area contributed by atoms with Gasteiger partial charge >= 0.3 is 0 Å². The summed E-state index contributed by atoms with van der Waals surface area (Å²) in [5.74, 6) is 0.406. The molecular formula is C23H23FN4O4S. The zero-order valence-electron chi connectivity index (χ0n) is 18.0. The first-order valence-electron chi connectivity index (χ1n) is 10.4. The minimum Gasteiger partial charge on any atom is -0.486 e. The summed E-state index contributed by atoms with van der Waals surface area (Å²) >= 11 is 1.28. The minimum atomic E-state index is -0.319. The van der Waals surface area contributed by atoms with Gasteiger partial charge < -0.3 is 20.1 Å². The van der Waals surface area contributed by atoms with E-state index in [9.17, 15) is 14.0 Å². The van der Waals surface area contributed by atoms with Gasteiger partial charge in [0.15, 0.2) is 16.6 Å². The number of fused-ring (bicyclic) bond motifs is 1. The van der Waals surface area contributed by atoms with E-state index in [2.05, 4.69) is 15.6 Å². The number of nitrogens with zero attached hydrogens (tertiary/aromatic N) is 2. The first kappa shape index (κ1) is 22.7. The molecule has 1 aliphatic heterocycles. The molecule has 0 aliphatic carbocycles. The van der Waals surface area contributed by atoms with Crippen LogP contribution in [0.3, 0.4) is 0 Å². The topological polar surface area (TPSA) is 92.8 Å². The molecule has 4 rings (SSSR count). The van der Waals surface area contributed by atoms with Crippen LogP contribution in [-0.2, 0) is 9.59 Å². The Labute approximate surface area is 194 Å². The van der Waals surface area contributed by atoms with Crippen molar-refractivity contribution in [2.24, 2.45) is 0 Å². The first-order valence-corrected chi connectivity index (χ1v) is 11.3. The van der Waals surface area contributed by atoms with E-state index >= 15 is 0 Å². The summed E-state index contributed by atoms with van der Waals surface area (Å²) in [6.45, 7) is 3.45. The molecule has 1 aliphatic rings. The van der Waals surface area contributed by atoms with Crippen LogP contribution >= 0.6 is 11.3 Å². The van der Waals surface area contributed by atoms with E-state index in [-0.39, 0.29) is 30.7 Å². The molecule has 0 atom stereocenters. The van der Waals surface area contributed by atoms with Gasteiger partial charge in [0.25, 0.3) is 0 Å². The summed E-state index contributed by atoms with van der Waals surface area (Å²) in [6.07, 6.45) is 0. The van der Waals surface area contributed by atoms with Crippen LogP contribution in [0, 0.1) is 5.82 Å². The van der Waals surface area contributed by atoms with E-state index in [0.717, 1.165) is 5.56 Å². The number of nitrogens with one attached hydrogen (secondary N) is 2. The number of hydrogen-bond donors (Lipinski definition) is 2. The van der Waals surface area contributed by atoms with Crippen LogP contribution in [0.15, 0.2) is 47.8 Å². The maximum atomic E-state index is 13.1. The number of thiazole rings is 1. The third-order valence-electron chi connectivity index (χ3n) is 4.90. The number of halogens is 1. The average molecular weight is 471 g/mol. The van der Waals surface area contributed by atoms with Gasteiger partial charge in [-0.05, 0) is 42.9 Å². The van der Waals surface area contributed by atoms with Crippen LogP contribution in [0.2, 0.25) is 0 Å². The van der Waals surface area contributed by atoms with Crippen molar-refractivity contribution in [1.29, 1.82) is 0 Å². The summed E-state index contributed by atoms with van der Waals surface area (Å²) in [5, 5.41) is 7.81. The number of rotatable bonds is 8. The summed E-state index contributed by atoms with van der Waals surface area (Å²) in [6, 6.07) is 11.2. The molecule has 0 saturated heterocycles. The van der Waals surface area contributed by atoms with Gasteiger partial charge in [0, 0.05) is 22.7 Å². The number of benzene rings is 2. The maximum Gasteiger partial charge on any atom is 0.240 e. The summed E-state index contributed by atoms with van der Waals surface area (Å²) in [4.78, 5) is 31.1. The molecule has 0 saturated carbocycles. The first-order chi connectivity index (χ1) is 16.0. The monoisotopic (exact) mass is 470 g/mol. The number of amides is 2. The second-order valence-corrected chi connectivity index (χ2v) is 8.16. The summed E-state index contributed by atoms with van der Waals surface area (Å²) < 4.78 is 24.1. The molecule has 2 amide bonds. The van der Waals surface area contributed by atoms with Crippen molar-refractivity contribution in [3.05, 3.63) is 53.7 Å². The molecule has 2 N–H and O–H groups in total. The molecule has 2 heterocycles. The molecule has 172 valence electrons. The quantitative estimate of drug-likeness (QED) is 0.523. The molecule has 8 nitrogen and oxygen atoms in total. The Kier molecular flexibility index (Phi) is 7.16. The molecule has 0 unspecified atom stereocenters. The van der Waals surface area contributed by atoms with E-state index in [4.69, 9.17) is 9.47 Å². The Morgan fingerprint density at radius 3 is 2.45 bits per heavy atom. The van der Waals surface area contributed by atoms with Gasteiger partial charge in [-0.2, -0.15) is 0 Å². The highest BCUT2D eigenvalue weighted by molar-refractivity contribution is 7.14. The molecule has 10 heteroatoms. The van der Waals surface area contributed by atoms with E-state index in [1.807, 2.05) is 6.92 Å². The SMILES string of the molecule is CCN(CC(=O)Nc1ccc2c(c1)OCCO2)CC(=O)Nc1nc(-c2ccc(F)cc2)cs1. The van der Waals surface area contributed by atoms with Crippen molar-refractivity contribution in [2.75, 3.05) is 43.5 Å². The third kappa shape index (κ3) is 6.05. The minimum absolute atomic E-state index is 0.0382. The van der Waals surface area contributed by atoms with Crippen molar-refractivity contribution >= 4 is 34.0 Å². The molecular weight excluding hydrogens is 447 g/mol. The van der Waals surface area contributed by atoms with Gasteiger partial charge in [-0.1, -0.05) is 6.92 Å². The fraction of sp³-hybridized carbons (Fsp3) is 0.261. The normalized spacial score (nSPS) is 12.5. The standard InChI is InChI=1S/C23H23FN4O4S/c1-2-28(12-21(29)25-17-7-8-19-20(11-17)32-10-9-31-19)13-22(30)27-23-26-18(14-33-23)15-3-5-16(24)6-4-15/h3-8,11,14H,2,9-10,12-13H2,1H3,(H,25,29)(H,26,27,30). The van der Waals surface area contributed by atoms with Gasteiger partial charge in [-0.3, -0.25) is 14.5 Å². The number of carbonyl (C=O) groups excluding carboxylic acids is 2. The van der Waals surface area contributed by atoms with E-state index < -0.39 is 0 Å². The Hall–Kier alpha value is -3.50. The van der Waals surface area contributed by atoms with Crippen LogP contribution < -0.4 is 20.1 Å². The van der Waals surface area contributed by atoms with Gasteiger partial charge in [-0.15, -0.1) is 11.3 Å². The number of ether oxygens (including phenoxy) is 2. The van der Waals surface area contributed by atoms with Gasteiger partial charge in [0.2, 0.25) is 11.8 Å². The molecule has 1 aromatic heterocycles. The van der Waals surface area contributed by atoms with Crippen molar-refractivity contribution in [2.45, 2.75) is 6.92 Å². The Balaban J connectivity index is 1.29. The molecule has 0 bridgehead atoms. The fourth-order valence-corrected chi connectivity index (χ4v) is 3.99. The zero-order valence-corrected chi connectivity index (χ0v) is 18.8. The summed E-state index contributed by atoms with van der Waals surface area (Å²) in [5.41, 5.74) is 2.02. The number of anilines is 2. The molecule has 2 aromatic carbocycles. The average Bonchev–Trinajstić information content (AvgIpc) is 3.27. The lowest BCUT2D eigenvalue weighted by atomic mass is 10.2. The Bertz CT molecular complexity index is 1140.